The Morgan fingerprint density at radius 3 is 3.00 bits per heavy atom. The lowest BCUT2D eigenvalue weighted by atomic mass is 10.0. The Bertz CT molecular complexity index is 182. The Hall–Kier alpha value is -0.630. The van der Waals surface area contributed by atoms with Crippen molar-refractivity contribution in [2.45, 2.75) is 38.7 Å². The van der Waals surface area contributed by atoms with Crippen LogP contribution in [0.2, 0.25) is 0 Å². The fourth-order valence-corrected chi connectivity index (χ4v) is 1.58. The maximum absolute atomic E-state index is 11.2. The molecule has 1 aliphatic carbocycles. The number of allylic oxidation sites excluding steroid dienone is 1. The minimum absolute atomic E-state index is 0.236. The van der Waals surface area contributed by atoms with E-state index < -0.39 is 0 Å². The molecule has 0 aromatic rings. The van der Waals surface area contributed by atoms with E-state index in [0.717, 1.165) is 25.7 Å². The Morgan fingerprint density at radius 1 is 1.75 bits per heavy atom. The predicted molar refractivity (Wildman–Crippen MR) is 47.8 cm³/mol. The Morgan fingerprint density at radius 2 is 2.50 bits per heavy atom. The first kappa shape index (κ1) is 9.46. The highest BCUT2D eigenvalue weighted by molar-refractivity contribution is 5.82. The van der Waals surface area contributed by atoms with Gasteiger partial charge in [-0.1, -0.05) is 12.2 Å². The van der Waals surface area contributed by atoms with Gasteiger partial charge in [-0.15, -0.1) is 0 Å². The topological polar surface area (TPSA) is 37.3 Å². The highest BCUT2D eigenvalue weighted by Gasteiger charge is 2.22. The molecule has 1 saturated carbocycles. The van der Waals surface area contributed by atoms with E-state index in [9.17, 15) is 4.79 Å². The quantitative estimate of drug-likeness (QED) is 0.651. The number of aliphatic hydroxyl groups excluding tert-OH is 1. The minimum Gasteiger partial charge on any atom is -0.389 e. The van der Waals surface area contributed by atoms with Gasteiger partial charge in [-0.3, -0.25) is 4.79 Å². The summed E-state index contributed by atoms with van der Waals surface area (Å²) in [5.74, 6) is 0.630. The highest BCUT2D eigenvalue weighted by atomic mass is 16.3. The van der Waals surface area contributed by atoms with Gasteiger partial charge in [0, 0.05) is 12.3 Å². The third-order valence-electron chi connectivity index (χ3n) is 2.27. The third-order valence-corrected chi connectivity index (χ3v) is 2.27. The van der Waals surface area contributed by atoms with Crippen LogP contribution in [0.15, 0.2) is 12.2 Å². The molecular formula is C10H16O2. The SMILES string of the molecule is C[C@H](O)C=CCC1CCCC1=O. The lowest BCUT2D eigenvalue weighted by molar-refractivity contribution is -0.120. The maximum Gasteiger partial charge on any atom is 0.136 e. The van der Waals surface area contributed by atoms with Crippen molar-refractivity contribution in [2.75, 3.05) is 0 Å². The fraction of sp³-hybridized carbons (Fsp3) is 0.700. The van der Waals surface area contributed by atoms with Gasteiger partial charge in [-0.25, -0.2) is 0 Å². The molecule has 0 saturated heterocycles. The largest absolute Gasteiger partial charge is 0.389 e. The number of Topliss-reactive ketones (excluding diaryl/α,β-unsaturated/α-hetero) is 1. The molecule has 0 amide bonds. The van der Waals surface area contributed by atoms with Crippen LogP contribution in [0.1, 0.15) is 32.6 Å². The van der Waals surface area contributed by atoms with Crippen LogP contribution in [0.25, 0.3) is 0 Å². The van der Waals surface area contributed by atoms with Gasteiger partial charge >= 0.3 is 0 Å². The number of carbonyl (C=O) groups excluding carboxylic acids is 1. The van der Waals surface area contributed by atoms with E-state index in [1.807, 2.05) is 6.08 Å². The van der Waals surface area contributed by atoms with E-state index in [-0.39, 0.29) is 12.0 Å². The molecule has 1 fully saturated rings. The Balaban J connectivity index is 2.27. The van der Waals surface area contributed by atoms with Gasteiger partial charge in [0.25, 0.3) is 0 Å². The summed E-state index contributed by atoms with van der Waals surface area (Å²) in [6.45, 7) is 1.72. The molecule has 68 valence electrons. The van der Waals surface area contributed by atoms with Crippen molar-refractivity contribution in [3.63, 3.8) is 0 Å². The van der Waals surface area contributed by atoms with E-state index in [4.69, 9.17) is 5.11 Å². The minimum atomic E-state index is -0.387. The summed E-state index contributed by atoms with van der Waals surface area (Å²) < 4.78 is 0. The molecule has 0 bridgehead atoms. The van der Waals surface area contributed by atoms with Crippen molar-refractivity contribution in [2.24, 2.45) is 5.92 Å². The number of hydrogen-bond acceptors (Lipinski definition) is 2. The average Bonchev–Trinajstić information content (AvgIpc) is 2.36. The van der Waals surface area contributed by atoms with E-state index >= 15 is 0 Å². The predicted octanol–water partition coefficient (Wildman–Crippen LogP) is 1.68. The average molecular weight is 168 g/mol. The second-order valence-electron chi connectivity index (χ2n) is 3.46. The number of hydrogen-bond donors (Lipinski definition) is 1. The van der Waals surface area contributed by atoms with Crippen molar-refractivity contribution in [1.82, 2.24) is 0 Å². The van der Waals surface area contributed by atoms with E-state index in [1.165, 1.54) is 0 Å². The molecule has 1 rings (SSSR count). The molecule has 2 heteroatoms. The van der Waals surface area contributed by atoms with E-state index in [2.05, 4.69) is 0 Å². The summed E-state index contributed by atoms with van der Waals surface area (Å²) in [7, 11) is 0. The van der Waals surface area contributed by atoms with Crippen molar-refractivity contribution in [3.05, 3.63) is 12.2 Å². The smallest absolute Gasteiger partial charge is 0.136 e. The summed E-state index contributed by atoms with van der Waals surface area (Å²) in [4.78, 5) is 11.2. The van der Waals surface area contributed by atoms with Gasteiger partial charge < -0.3 is 5.11 Å². The monoisotopic (exact) mass is 168 g/mol. The number of ketones is 1. The van der Waals surface area contributed by atoms with Crippen molar-refractivity contribution < 1.29 is 9.90 Å². The van der Waals surface area contributed by atoms with Crippen LogP contribution in [0.3, 0.4) is 0 Å². The molecule has 1 unspecified atom stereocenters. The first-order chi connectivity index (χ1) is 5.70. The first-order valence-electron chi connectivity index (χ1n) is 4.57. The standard InChI is InChI=1S/C10H16O2/c1-8(11)4-2-5-9-6-3-7-10(9)12/h2,4,8-9,11H,3,5-7H2,1H3/t8-,9?/m0/s1. The van der Waals surface area contributed by atoms with Crippen LogP contribution in [0, 0.1) is 5.92 Å². The molecular weight excluding hydrogens is 152 g/mol. The van der Waals surface area contributed by atoms with Crippen molar-refractivity contribution in [1.29, 1.82) is 0 Å². The summed E-state index contributed by atoms with van der Waals surface area (Å²) in [6, 6.07) is 0. The zero-order chi connectivity index (χ0) is 8.97. The summed E-state index contributed by atoms with van der Waals surface area (Å²) in [5, 5.41) is 8.92. The van der Waals surface area contributed by atoms with Crippen LogP contribution in [-0.4, -0.2) is 17.0 Å². The molecule has 12 heavy (non-hydrogen) atoms. The van der Waals surface area contributed by atoms with Gasteiger partial charge in [0.05, 0.1) is 6.10 Å². The Kier molecular flexibility index (Phi) is 3.48. The molecule has 0 aromatic heterocycles. The van der Waals surface area contributed by atoms with Crippen LogP contribution >= 0.6 is 0 Å². The van der Waals surface area contributed by atoms with Crippen LogP contribution in [-0.2, 0) is 4.79 Å². The second kappa shape index (κ2) is 4.41. The summed E-state index contributed by atoms with van der Waals surface area (Å²) in [6.07, 6.45) is 6.91. The molecule has 2 atom stereocenters. The lowest BCUT2D eigenvalue weighted by Gasteiger charge is -2.02. The van der Waals surface area contributed by atoms with Gasteiger partial charge in [0.15, 0.2) is 0 Å². The molecule has 0 heterocycles. The molecule has 2 nitrogen and oxygen atoms in total. The number of rotatable bonds is 3. The lowest BCUT2D eigenvalue weighted by Crippen LogP contribution is -2.04. The fourth-order valence-electron chi connectivity index (χ4n) is 1.58. The molecule has 0 radical (unpaired) electrons. The van der Waals surface area contributed by atoms with Gasteiger partial charge in [0.1, 0.15) is 5.78 Å². The second-order valence-corrected chi connectivity index (χ2v) is 3.46. The number of aliphatic hydroxyl groups is 1. The molecule has 1 N–H and O–H groups in total. The molecule has 0 spiro atoms. The van der Waals surface area contributed by atoms with Gasteiger partial charge in [-0.2, -0.15) is 0 Å². The molecule has 1 aliphatic rings. The third kappa shape index (κ3) is 2.78. The van der Waals surface area contributed by atoms with Crippen molar-refractivity contribution in [3.8, 4) is 0 Å². The van der Waals surface area contributed by atoms with Crippen LogP contribution in [0.5, 0.6) is 0 Å². The summed E-state index contributed by atoms with van der Waals surface area (Å²) >= 11 is 0. The Labute approximate surface area is 73.3 Å². The molecule has 0 aliphatic heterocycles. The molecule has 0 aromatic carbocycles. The zero-order valence-electron chi connectivity index (χ0n) is 7.49. The highest BCUT2D eigenvalue weighted by Crippen LogP contribution is 2.24. The van der Waals surface area contributed by atoms with Gasteiger partial charge in [0.2, 0.25) is 0 Å². The van der Waals surface area contributed by atoms with E-state index in [1.54, 1.807) is 13.0 Å². The van der Waals surface area contributed by atoms with Gasteiger partial charge in [-0.05, 0) is 26.2 Å². The van der Waals surface area contributed by atoms with Crippen LogP contribution in [0.4, 0.5) is 0 Å². The first-order valence-corrected chi connectivity index (χ1v) is 4.57. The zero-order valence-corrected chi connectivity index (χ0v) is 7.49. The van der Waals surface area contributed by atoms with E-state index in [0.29, 0.717) is 5.78 Å². The number of carbonyl (C=O) groups is 1. The normalized spacial score (nSPS) is 26.8. The van der Waals surface area contributed by atoms with Crippen molar-refractivity contribution >= 4 is 5.78 Å². The van der Waals surface area contributed by atoms with Crippen LogP contribution < -0.4 is 0 Å². The summed E-state index contributed by atoms with van der Waals surface area (Å²) in [5.41, 5.74) is 0. The maximum atomic E-state index is 11.2.